The van der Waals surface area contributed by atoms with Crippen molar-refractivity contribution in [1.82, 2.24) is 4.90 Å². The van der Waals surface area contributed by atoms with E-state index in [0.29, 0.717) is 6.04 Å². The van der Waals surface area contributed by atoms with Crippen LogP contribution < -0.4 is 5.32 Å². The van der Waals surface area contributed by atoms with Gasteiger partial charge in [-0.25, -0.2) is 0 Å². The molecule has 2 aliphatic rings. The number of nitrogens with zero attached hydrogens (tertiary/aromatic N) is 1. The Kier molecular flexibility index (Phi) is 4.47. The van der Waals surface area contributed by atoms with Crippen molar-refractivity contribution in [3.05, 3.63) is 29.8 Å². The largest absolute Gasteiger partial charge is 0.384 e. The van der Waals surface area contributed by atoms with E-state index in [2.05, 4.69) is 5.32 Å². The molecule has 0 heterocycles. The quantitative estimate of drug-likeness (QED) is 0.890. The van der Waals surface area contributed by atoms with Crippen molar-refractivity contribution >= 4 is 11.6 Å². The number of amides is 1. The maximum absolute atomic E-state index is 12.8. The van der Waals surface area contributed by atoms with Gasteiger partial charge in [0, 0.05) is 25.3 Å². The van der Waals surface area contributed by atoms with Gasteiger partial charge in [-0.05, 0) is 43.7 Å². The minimum absolute atomic E-state index is 0.167. The van der Waals surface area contributed by atoms with Crippen molar-refractivity contribution in [1.29, 1.82) is 0 Å². The van der Waals surface area contributed by atoms with Crippen LogP contribution in [0.25, 0.3) is 0 Å². The Morgan fingerprint density at radius 3 is 2.57 bits per heavy atom. The average Bonchev–Trinajstić information content (AvgIpc) is 3.37. The van der Waals surface area contributed by atoms with Crippen LogP contribution in [-0.4, -0.2) is 30.4 Å². The van der Waals surface area contributed by atoms with Gasteiger partial charge in [-0.15, -0.1) is 0 Å². The van der Waals surface area contributed by atoms with Crippen LogP contribution in [0.15, 0.2) is 24.3 Å². The molecule has 114 valence electrons. The summed E-state index contributed by atoms with van der Waals surface area (Å²) in [5.74, 6) is 0.977. The molecule has 0 atom stereocenters. The molecule has 3 heteroatoms. The molecule has 0 radical (unpaired) electrons. The van der Waals surface area contributed by atoms with Gasteiger partial charge in [0.15, 0.2) is 0 Å². The first kappa shape index (κ1) is 14.4. The number of hydrogen-bond acceptors (Lipinski definition) is 2. The molecule has 2 saturated carbocycles. The fourth-order valence-corrected chi connectivity index (χ4v) is 3.22. The van der Waals surface area contributed by atoms with Crippen molar-refractivity contribution in [2.45, 2.75) is 51.0 Å². The predicted molar refractivity (Wildman–Crippen MR) is 86.6 cm³/mol. The number of carbonyl (C=O) groups is 1. The minimum Gasteiger partial charge on any atom is -0.384 e. The molecule has 0 bridgehead atoms. The Morgan fingerprint density at radius 1 is 1.14 bits per heavy atom. The van der Waals surface area contributed by atoms with Crippen molar-refractivity contribution in [3.8, 4) is 0 Å². The van der Waals surface area contributed by atoms with Crippen LogP contribution in [-0.2, 0) is 0 Å². The molecule has 2 fully saturated rings. The Hall–Kier alpha value is -1.51. The van der Waals surface area contributed by atoms with E-state index in [-0.39, 0.29) is 5.91 Å². The average molecular weight is 286 g/mol. The highest BCUT2D eigenvalue weighted by atomic mass is 16.2. The van der Waals surface area contributed by atoms with Crippen LogP contribution in [0.1, 0.15) is 55.3 Å². The summed E-state index contributed by atoms with van der Waals surface area (Å²) in [4.78, 5) is 14.8. The highest BCUT2D eigenvalue weighted by Crippen LogP contribution is 2.30. The minimum atomic E-state index is 0.167. The van der Waals surface area contributed by atoms with E-state index in [9.17, 15) is 4.79 Å². The lowest BCUT2D eigenvalue weighted by atomic mass is 9.94. The first-order valence-electron chi connectivity index (χ1n) is 8.36. The molecule has 0 unspecified atom stereocenters. The summed E-state index contributed by atoms with van der Waals surface area (Å²) < 4.78 is 0. The van der Waals surface area contributed by atoms with Crippen molar-refractivity contribution in [2.24, 2.45) is 5.92 Å². The summed E-state index contributed by atoms with van der Waals surface area (Å²) in [7, 11) is 1.97. The highest BCUT2D eigenvalue weighted by molar-refractivity contribution is 5.99. The number of rotatable bonds is 5. The van der Waals surface area contributed by atoms with Gasteiger partial charge in [-0.2, -0.15) is 0 Å². The highest BCUT2D eigenvalue weighted by Gasteiger charge is 2.25. The number of para-hydroxylation sites is 1. The van der Waals surface area contributed by atoms with E-state index in [1.807, 2.05) is 36.2 Å². The van der Waals surface area contributed by atoms with E-state index in [1.54, 1.807) is 0 Å². The predicted octanol–water partition coefficient (Wildman–Crippen LogP) is 3.91. The number of benzene rings is 1. The molecule has 0 aromatic heterocycles. The molecule has 0 saturated heterocycles. The number of nitrogens with one attached hydrogen (secondary N) is 1. The monoisotopic (exact) mass is 286 g/mol. The molecule has 1 aromatic rings. The number of hydrogen-bond donors (Lipinski definition) is 1. The van der Waals surface area contributed by atoms with E-state index in [0.717, 1.165) is 36.6 Å². The maximum atomic E-state index is 12.8. The smallest absolute Gasteiger partial charge is 0.255 e. The summed E-state index contributed by atoms with van der Waals surface area (Å²) in [5.41, 5.74) is 1.82. The van der Waals surface area contributed by atoms with Gasteiger partial charge in [0.05, 0.1) is 5.56 Å². The van der Waals surface area contributed by atoms with Crippen LogP contribution in [0.2, 0.25) is 0 Å². The molecule has 0 aliphatic heterocycles. The van der Waals surface area contributed by atoms with Crippen LogP contribution in [0, 0.1) is 5.92 Å². The van der Waals surface area contributed by atoms with Gasteiger partial charge in [0.2, 0.25) is 0 Å². The number of carbonyl (C=O) groups excluding carboxylic acids is 1. The van der Waals surface area contributed by atoms with Gasteiger partial charge in [-0.1, -0.05) is 31.4 Å². The molecular weight excluding hydrogens is 260 g/mol. The van der Waals surface area contributed by atoms with E-state index in [4.69, 9.17) is 0 Å². The molecule has 2 aliphatic carbocycles. The van der Waals surface area contributed by atoms with Gasteiger partial charge in [-0.3, -0.25) is 4.79 Å². The molecule has 3 nitrogen and oxygen atoms in total. The van der Waals surface area contributed by atoms with Gasteiger partial charge in [0.1, 0.15) is 0 Å². The van der Waals surface area contributed by atoms with Crippen LogP contribution in [0.4, 0.5) is 5.69 Å². The summed E-state index contributed by atoms with van der Waals surface area (Å²) >= 11 is 0. The van der Waals surface area contributed by atoms with Crippen molar-refractivity contribution in [3.63, 3.8) is 0 Å². The summed E-state index contributed by atoms with van der Waals surface area (Å²) in [5, 5.41) is 3.47. The molecule has 1 N–H and O–H groups in total. The molecule has 0 spiro atoms. The lowest BCUT2D eigenvalue weighted by Gasteiger charge is -2.31. The molecule has 1 amide bonds. The Balaban J connectivity index is 1.70. The standard InChI is InChI=1S/C18H26N2O/c1-20(15-7-3-2-4-8-15)18(21)16-9-5-6-10-17(16)19-13-14-11-12-14/h5-6,9-10,14-15,19H,2-4,7-8,11-13H2,1H3. The van der Waals surface area contributed by atoms with Crippen LogP contribution in [0.3, 0.4) is 0 Å². The summed E-state index contributed by atoms with van der Waals surface area (Å²) in [6.07, 6.45) is 8.78. The molecule has 1 aromatic carbocycles. The molecule has 3 rings (SSSR count). The third-order valence-electron chi connectivity index (χ3n) is 4.88. The zero-order valence-corrected chi connectivity index (χ0v) is 13.0. The Morgan fingerprint density at radius 2 is 1.86 bits per heavy atom. The van der Waals surface area contributed by atoms with Crippen LogP contribution in [0.5, 0.6) is 0 Å². The van der Waals surface area contributed by atoms with Gasteiger partial charge >= 0.3 is 0 Å². The second kappa shape index (κ2) is 6.50. The number of anilines is 1. The van der Waals surface area contributed by atoms with E-state index in [1.165, 1.54) is 32.1 Å². The van der Waals surface area contributed by atoms with E-state index >= 15 is 0 Å². The van der Waals surface area contributed by atoms with Crippen molar-refractivity contribution in [2.75, 3.05) is 18.9 Å². The lowest BCUT2D eigenvalue weighted by molar-refractivity contribution is 0.0697. The third-order valence-corrected chi connectivity index (χ3v) is 4.88. The van der Waals surface area contributed by atoms with Crippen molar-refractivity contribution < 1.29 is 4.79 Å². The Bertz CT molecular complexity index is 490. The zero-order chi connectivity index (χ0) is 14.7. The second-order valence-electron chi connectivity index (χ2n) is 6.58. The summed E-state index contributed by atoms with van der Waals surface area (Å²) in [6, 6.07) is 8.38. The van der Waals surface area contributed by atoms with Gasteiger partial charge in [0.25, 0.3) is 5.91 Å². The molecular formula is C18H26N2O. The summed E-state index contributed by atoms with van der Waals surface area (Å²) in [6.45, 7) is 0.997. The SMILES string of the molecule is CN(C(=O)c1ccccc1NCC1CC1)C1CCCCC1. The lowest BCUT2D eigenvalue weighted by Crippen LogP contribution is -2.38. The van der Waals surface area contributed by atoms with Gasteiger partial charge < -0.3 is 10.2 Å². The fraction of sp³-hybridized carbons (Fsp3) is 0.611. The zero-order valence-electron chi connectivity index (χ0n) is 13.0. The Labute approximate surface area is 127 Å². The molecule has 21 heavy (non-hydrogen) atoms. The van der Waals surface area contributed by atoms with Crippen LogP contribution >= 0.6 is 0 Å². The first-order chi connectivity index (χ1) is 10.3. The maximum Gasteiger partial charge on any atom is 0.255 e. The van der Waals surface area contributed by atoms with E-state index < -0.39 is 0 Å². The second-order valence-corrected chi connectivity index (χ2v) is 6.58. The topological polar surface area (TPSA) is 32.3 Å². The fourth-order valence-electron chi connectivity index (χ4n) is 3.22. The third kappa shape index (κ3) is 3.58. The normalized spacial score (nSPS) is 19.3. The first-order valence-corrected chi connectivity index (χ1v) is 8.36.